The van der Waals surface area contributed by atoms with Gasteiger partial charge in [0.05, 0.1) is 18.5 Å². The fourth-order valence-electron chi connectivity index (χ4n) is 3.23. The van der Waals surface area contributed by atoms with Crippen LogP contribution in [-0.4, -0.2) is 53.3 Å². The second kappa shape index (κ2) is 9.89. The SMILES string of the molecule is O=C(NCCN1CCCC[C@H]1CO)Nc1ccccc1Oc1cccnc1. The summed E-state index contributed by atoms with van der Waals surface area (Å²) in [5, 5.41) is 15.2. The van der Waals surface area contributed by atoms with E-state index in [-0.39, 0.29) is 18.7 Å². The molecular weight excluding hydrogens is 344 g/mol. The number of carbonyl (C=O) groups is 1. The van der Waals surface area contributed by atoms with Gasteiger partial charge in [0, 0.05) is 25.3 Å². The summed E-state index contributed by atoms with van der Waals surface area (Å²) in [6.07, 6.45) is 6.61. The van der Waals surface area contributed by atoms with Gasteiger partial charge in [0.1, 0.15) is 5.75 Å². The largest absolute Gasteiger partial charge is 0.454 e. The third-order valence-corrected chi connectivity index (χ3v) is 4.64. The molecule has 7 nitrogen and oxygen atoms in total. The number of likely N-dealkylation sites (tertiary alicyclic amines) is 1. The average Bonchev–Trinajstić information content (AvgIpc) is 2.70. The van der Waals surface area contributed by atoms with Crippen LogP contribution in [0.25, 0.3) is 0 Å². The summed E-state index contributed by atoms with van der Waals surface area (Å²) in [5.41, 5.74) is 0.588. The number of para-hydroxylation sites is 2. The Morgan fingerprint density at radius 1 is 1.26 bits per heavy atom. The van der Waals surface area contributed by atoms with Gasteiger partial charge in [0.25, 0.3) is 0 Å². The van der Waals surface area contributed by atoms with Crippen molar-refractivity contribution in [2.45, 2.75) is 25.3 Å². The van der Waals surface area contributed by atoms with E-state index in [0.29, 0.717) is 23.7 Å². The van der Waals surface area contributed by atoms with Crippen LogP contribution < -0.4 is 15.4 Å². The Balaban J connectivity index is 1.50. The van der Waals surface area contributed by atoms with Gasteiger partial charge in [-0.1, -0.05) is 18.6 Å². The van der Waals surface area contributed by atoms with E-state index in [0.717, 1.165) is 32.4 Å². The molecule has 0 radical (unpaired) electrons. The van der Waals surface area contributed by atoms with E-state index >= 15 is 0 Å². The highest BCUT2D eigenvalue weighted by molar-refractivity contribution is 5.90. The number of hydrogen-bond donors (Lipinski definition) is 3. The fraction of sp³-hybridized carbons (Fsp3) is 0.400. The third-order valence-electron chi connectivity index (χ3n) is 4.64. The molecule has 1 fully saturated rings. The minimum absolute atomic E-state index is 0.172. The van der Waals surface area contributed by atoms with Crippen LogP contribution in [0.15, 0.2) is 48.8 Å². The van der Waals surface area contributed by atoms with Gasteiger partial charge in [-0.2, -0.15) is 0 Å². The van der Waals surface area contributed by atoms with Crippen molar-refractivity contribution < 1.29 is 14.6 Å². The van der Waals surface area contributed by atoms with Gasteiger partial charge in [0.2, 0.25) is 0 Å². The number of amides is 2. The standard InChI is InChI=1S/C20H26N4O3/c25-15-16-6-3-4-12-24(16)13-11-22-20(26)23-18-8-1-2-9-19(18)27-17-7-5-10-21-14-17/h1-2,5,7-10,14,16,25H,3-4,6,11-13,15H2,(H2,22,23,26)/t16-/m0/s1. The van der Waals surface area contributed by atoms with Crippen molar-refractivity contribution in [3.63, 3.8) is 0 Å². The van der Waals surface area contributed by atoms with Crippen molar-refractivity contribution >= 4 is 11.7 Å². The molecule has 0 aliphatic carbocycles. The van der Waals surface area contributed by atoms with Crippen LogP contribution in [0.1, 0.15) is 19.3 Å². The van der Waals surface area contributed by atoms with Crippen LogP contribution in [0.5, 0.6) is 11.5 Å². The van der Waals surface area contributed by atoms with Crippen molar-refractivity contribution in [3.8, 4) is 11.5 Å². The number of ether oxygens (including phenoxy) is 1. The first-order valence-corrected chi connectivity index (χ1v) is 9.33. The van der Waals surface area contributed by atoms with Crippen LogP contribution in [0, 0.1) is 0 Å². The highest BCUT2D eigenvalue weighted by Gasteiger charge is 2.21. The number of nitrogens with zero attached hydrogens (tertiary/aromatic N) is 2. The number of aromatic nitrogens is 1. The summed E-state index contributed by atoms with van der Waals surface area (Å²) >= 11 is 0. The Hall–Kier alpha value is -2.64. The fourth-order valence-corrected chi connectivity index (χ4v) is 3.23. The number of hydrogen-bond acceptors (Lipinski definition) is 5. The lowest BCUT2D eigenvalue weighted by atomic mass is 10.0. The lowest BCUT2D eigenvalue weighted by molar-refractivity contribution is 0.0917. The van der Waals surface area contributed by atoms with E-state index in [2.05, 4.69) is 20.5 Å². The lowest BCUT2D eigenvalue weighted by Gasteiger charge is -2.34. The van der Waals surface area contributed by atoms with E-state index in [1.165, 1.54) is 0 Å². The minimum Gasteiger partial charge on any atom is -0.454 e. The Bertz CT molecular complexity index is 726. The van der Waals surface area contributed by atoms with Crippen molar-refractivity contribution in [3.05, 3.63) is 48.8 Å². The maximum absolute atomic E-state index is 12.3. The van der Waals surface area contributed by atoms with Gasteiger partial charge in [-0.15, -0.1) is 0 Å². The quantitative estimate of drug-likeness (QED) is 0.698. The molecule has 7 heteroatoms. The molecule has 144 valence electrons. The average molecular weight is 370 g/mol. The number of urea groups is 1. The predicted molar refractivity (Wildman–Crippen MR) is 104 cm³/mol. The van der Waals surface area contributed by atoms with E-state index in [1.807, 2.05) is 12.1 Å². The highest BCUT2D eigenvalue weighted by Crippen LogP contribution is 2.28. The second-order valence-corrected chi connectivity index (χ2v) is 6.54. The zero-order chi connectivity index (χ0) is 18.9. The predicted octanol–water partition coefficient (Wildman–Crippen LogP) is 2.84. The van der Waals surface area contributed by atoms with Crippen LogP contribution in [0.3, 0.4) is 0 Å². The third kappa shape index (κ3) is 5.67. The summed E-state index contributed by atoms with van der Waals surface area (Å²) in [6.45, 7) is 2.39. The normalized spacial score (nSPS) is 17.3. The lowest BCUT2D eigenvalue weighted by Crippen LogP contribution is -2.46. The first-order valence-electron chi connectivity index (χ1n) is 9.33. The number of aliphatic hydroxyl groups excluding tert-OH is 1. The van der Waals surface area contributed by atoms with Crippen LogP contribution in [0.4, 0.5) is 10.5 Å². The molecule has 0 saturated carbocycles. The number of anilines is 1. The molecule has 0 bridgehead atoms. The Morgan fingerprint density at radius 2 is 2.15 bits per heavy atom. The number of rotatable bonds is 7. The Kier molecular flexibility index (Phi) is 7.01. The summed E-state index contributed by atoms with van der Waals surface area (Å²) in [5.74, 6) is 1.16. The van der Waals surface area contributed by atoms with Gasteiger partial charge in [-0.05, 0) is 43.7 Å². The Labute approximate surface area is 159 Å². The van der Waals surface area contributed by atoms with Crippen LogP contribution in [-0.2, 0) is 0 Å². The molecule has 2 heterocycles. The maximum atomic E-state index is 12.3. The van der Waals surface area contributed by atoms with Gasteiger partial charge in [-0.25, -0.2) is 4.79 Å². The molecule has 1 aliphatic heterocycles. The van der Waals surface area contributed by atoms with Crippen LogP contribution in [0.2, 0.25) is 0 Å². The molecule has 1 aromatic carbocycles. The highest BCUT2D eigenvalue weighted by atomic mass is 16.5. The van der Waals surface area contributed by atoms with Crippen molar-refractivity contribution in [2.75, 3.05) is 31.6 Å². The smallest absolute Gasteiger partial charge is 0.319 e. The number of benzene rings is 1. The molecule has 0 unspecified atom stereocenters. The van der Waals surface area contributed by atoms with E-state index in [1.54, 1.807) is 36.7 Å². The van der Waals surface area contributed by atoms with E-state index in [4.69, 9.17) is 4.74 Å². The second-order valence-electron chi connectivity index (χ2n) is 6.54. The zero-order valence-electron chi connectivity index (χ0n) is 15.3. The molecule has 2 aromatic rings. The monoisotopic (exact) mass is 370 g/mol. The molecular formula is C20H26N4O3. The molecule has 1 saturated heterocycles. The number of piperidine rings is 1. The molecule has 3 rings (SSSR count). The van der Waals surface area contributed by atoms with Crippen molar-refractivity contribution in [1.82, 2.24) is 15.2 Å². The molecule has 3 N–H and O–H groups in total. The summed E-state index contributed by atoms with van der Waals surface area (Å²) < 4.78 is 5.80. The summed E-state index contributed by atoms with van der Waals surface area (Å²) in [4.78, 5) is 18.5. The molecule has 1 atom stereocenters. The number of aliphatic hydroxyl groups is 1. The summed E-state index contributed by atoms with van der Waals surface area (Å²) in [7, 11) is 0. The topological polar surface area (TPSA) is 86.7 Å². The minimum atomic E-state index is -0.283. The van der Waals surface area contributed by atoms with Gasteiger partial charge in [0.15, 0.2) is 5.75 Å². The zero-order valence-corrected chi connectivity index (χ0v) is 15.3. The molecule has 27 heavy (non-hydrogen) atoms. The van der Waals surface area contributed by atoms with Gasteiger partial charge < -0.3 is 20.5 Å². The van der Waals surface area contributed by atoms with Gasteiger partial charge >= 0.3 is 6.03 Å². The molecule has 0 spiro atoms. The van der Waals surface area contributed by atoms with E-state index in [9.17, 15) is 9.90 Å². The molecule has 2 amide bonds. The first kappa shape index (κ1) is 19.1. The number of carbonyl (C=O) groups excluding carboxylic acids is 1. The maximum Gasteiger partial charge on any atom is 0.319 e. The van der Waals surface area contributed by atoms with E-state index < -0.39 is 0 Å². The Morgan fingerprint density at radius 3 is 2.96 bits per heavy atom. The molecule has 1 aliphatic rings. The molecule has 1 aromatic heterocycles. The first-order chi connectivity index (χ1) is 13.3. The number of nitrogens with one attached hydrogen (secondary N) is 2. The van der Waals surface area contributed by atoms with Crippen molar-refractivity contribution in [1.29, 1.82) is 0 Å². The number of pyridine rings is 1. The summed E-state index contributed by atoms with van der Waals surface area (Å²) in [6, 6.07) is 10.8. The van der Waals surface area contributed by atoms with Crippen LogP contribution >= 0.6 is 0 Å². The van der Waals surface area contributed by atoms with Crippen molar-refractivity contribution in [2.24, 2.45) is 0 Å². The van der Waals surface area contributed by atoms with Gasteiger partial charge in [-0.3, -0.25) is 9.88 Å².